The minimum atomic E-state index is -1.08. The van der Waals surface area contributed by atoms with E-state index in [9.17, 15) is 14.0 Å². The highest BCUT2D eigenvalue weighted by Gasteiger charge is 2.35. The average Bonchev–Trinajstić information content (AvgIpc) is 3.39. The Labute approximate surface area is 203 Å². The number of para-hydroxylation sites is 1. The zero-order chi connectivity index (χ0) is 24.8. The number of alkyl halides is 1. The van der Waals surface area contributed by atoms with Gasteiger partial charge in [-0.15, -0.1) is 0 Å². The second-order valence-electron chi connectivity index (χ2n) is 8.90. The smallest absolute Gasteiger partial charge is 0.303 e. The summed E-state index contributed by atoms with van der Waals surface area (Å²) in [6, 6.07) is 13.3. The van der Waals surface area contributed by atoms with Crippen molar-refractivity contribution in [3.8, 4) is 0 Å². The monoisotopic (exact) mass is 483 g/mol. The predicted octanol–water partition coefficient (Wildman–Crippen LogP) is 4.63. The van der Waals surface area contributed by atoms with Crippen LogP contribution in [0.1, 0.15) is 36.8 Å². The van der Waals surface area contributed by atoms with Crippen molar-refractivity contribution in [3.05, 3.63) is 53.6 Å². The molecule has 0 aliphatic carbocycles. The van der Waals surface area contributed by atoms with E-state index in [1.165, 1.54) is 0 Å². The fraction of sp³-hybridized carbons (Fsp3) is 0.423. The van der Waals surface area contributed by atoms with Gasteiger partial charge in [-0.2, -0.15) is 4.98 Å². The van der Waals surface area contributed by atoms with Crippen molar-refractivity contribution in [2.24, 2.45) is 0 Å². The lowest BCUT2D eigenvalue weighted by atomic mass is 10.1. The highest BCUT2D eigenvalue weighted by molar-refractivity contribution is 5.82. The summed E-state index contributed by atoms with van der Waals surface area (Å²) >= 11 is 0. The first kappa shape index (κ1) is 24.7. The molecule has 8 nitrogen and oxygen atoms in total. The largest absolute Gasteiger partial charge is 0.481 e. The van der Waals surface area contributed by atoms with Gasteiger partial charge in [-0.05, 0) is 49.1 Å². The Morgan fingerprint density at radius 1 is 1.26 bits per heavy atom. The highest BCUT2D eigenvalue weighted by atomic mass is 19.1. The number of likely N-dealkylation sites (tertiary alicyclic amines) is 1. The van der Waals surface area contributed by atoms with E-state index in [2.05, 4.69) is 10.3 Å². The number of aromatic nitrogens is 1. The summed E-state index contributed by atoms with van der Waals surface area (Å²) in [5, 5.41) is 11.9. The maximum Gasteiger partial charge on any atom is 0.303 e. The summed E-state index contributed by atoms with van der Waals surface area (Å²) in [7, 11) is 0. The molecule has 0 radical (unpaired) electrons. The van der Waals surface area contributed by atoms with Crippen LogP contribution in [-0.2, 0) is 20.7 Å². The van der Waals surface area contributed by atoms with Crippen LogP contribution in [0.4, 0.5) is 16.1 Å². The molecule has 1 amide bonds. The van der Waals surface area contributed by atoms with Crippen molar-refractivity contribution in [3.63, 3.8) is 0 Å². The number of carbonyl (C=O) groups excluding carboxylic acids is 1. The molecule has 1 aliphatic heterocycles. The summed E-state index contributed by atoms with van der Waals surface area (Å²) in [5.41, 5.74) is 3.97. The van der Waals surface area contributed by atoms with Gasteiger partial charge in [0.2, 0.25) is 5.91 Å². The SMILES string of the molecule is Cc1ccccc1Nc1nc2ccc(CC(=O)N3C[C@@H](F)C[C@H]3COCCCCC(=O)O)cc2o1. The average molecular weight is 484 g/mol. The quantitative estimate of drug-likeness (QED) is 0.383. The van der Waals surface area contributed by atoms with Crippen molar-refractivity contribution in [2.75, 3.05) is 25.1 Å². The Kier molecular flexibility index (Phi) is 7.97. The molecule has 2 aromatic carbocycles. The Morgan fingerprint density at radius 3 is 2.89 bits per heavy atom. The normalized spacial score (nSPS) is 17.7. The third kappa shape index (κ3) is 6.57. The summed E-state index contributed by atoms with van der Waals surface area (Å²) in [6.07, 6.45) is 0.536. The van der Waals surface area contributed by atoms with E-state index in [0.717, 1.165) is 16.8 Å². The molecule has 9 heteroatoms. The summed E-state index contributed by atoms with van der Waals surface area (Å²) < 4.78 is 25.6. The molecule has 1 fully saturated rings. The van der Waals surface area contributed by atoms with E-state index in [4.69, 9.17) is 14.3 Å². The molecular weight excluding hydrogens is 453 g/mol. The van der Waals surface area contributed by atoms with Gasteiger partial charge in [-0.1, -0.05) is 24.3 Å². The van der Waals surface area contributed by atoms with Gasteiger partial charge >= 0.3 is 5.97 Å². The number of carboxylic acids is 1. The van der Waals surface area contributed by atoms with Crippen LogP contribution in [0, 0.1) is 6.92 Å². The molecule has 35 heavy (non-hydrogen) atoms. The molecule has 1 aliphatic rings. The molecular formula is C26H30FN3O5. The number of amides is 1. The first-order valence-electron chi connectivity index (χ1n) is 11.8. The van der Waals surface area contributed by atoms with E-state index >= 15 is 0 Å². The van der Waals surface area contributed by atoms with Gasteiger partial charge < -0.3 is 24.5 Å². The van der Waals surface area contributed by atoms with Crippen molar-refractivity contribution >= 4 is 34.7 Å². The molecule has 186 valence electrons. The standard InChI is InChI=1S/C26H30FN3O5/c1-17-6-2-3-7-21(17)28-26-29-22-10-9-18(12-23(22)35-26)13-24(31)30-15-19(27)14-20(30)16-34-11-5-4-8-25(32)33/h2-3,6-7,9-10,12,19-20H,4-5,8,11,13-16H2,1H3,(H,28,29)(H,32,33)/t19-,20-/m0/s1. The summed E-state index contributed by atoms with van der Waals surface area (Å²) in [5.74, 6) is -0.998. The fourth-order valence-electron chi connectivity index (χ4n) is 4.26. The lowest BCUT2D eigenvalue weighted by Gasteiger charge is -2.24. The number of unbranched alkanes of at least 4 members (excludes halogenated alkanes) is 1. The van der Waals surface area contributed by atoms with Crippen LogP contribution in [0.2, 0.25) is 0 Å². The number of anilines is 2. The summed E-state index contributed by atoms with van der Waals surface area (Å²) in [4.78, 5) is 29.6. The zero-order valence-corrected chi connectivity index (χ0v) is 19.7. The second-order valence-corrected chi connectivity index (χ2v) is 8.90. The first-order chi connectivity index (χ1) is 16.9. The van der Waals surface area contributed by atoms with Crippen LogP contribution in [0.5, 0.6) is 0 Å². The first-order valence-corrected chi connectivity index (χ1v) is 11.8. The van der Waals surface area contributed by atoms with E-state index in [0.29, 0.717) is 36.6 Å². The number of benzene rings is 2. The number of hydrogen-bond acceptors (Lipinski definition) is 6. The fourth-order valence-corrected chi connectivity index (χ4v) is 4.26. The van der Waals surface area contributed by atoms with Crippen LogP contribution >= 0.6 is 0 Å². The van der Waals surface area contributed by atoms with E-state index < -0.39 is 12.1 Å². The van der Waals surface area contributed by atoms with Crippen LogP contribution in [0.3, 0.4) is 0 Å². The van der Waals surface area contributed by atoms with Crippen molar-refractivity contribution in [1.82, 2.24) is 9.88 Å². The summed E-state index contributed by atoms with van der Waals surface area (Å²) in [6.45, 7) is 2.69. The lowest BCUT2D eigenvalue weighted by Crippen LogP contribution is -2.39. The highest BCUT2D eigenvalue weighted by Crippen LogP contribution is 2.26. The molecule has 1 aromatic heterocycles. The number of nitrogens with one attached hydrogen (secondary N) is 1. The topological polar surface area (TPSA) is 105 Å². The third-order valence-electron chi connectivity index (χ3n) is 6.12. The Balaban J connectivity index is 1.34. The van der Waals surface area contributed by atoms with E-state index in [-0.39, 0.29) is 44.4 Å². The van der Waals surface area contributed by atoms with Gasteiger partial charge in [0.15, 0.2) is 5.58 Å². The van der Waals surface area contributed by atoms with Gasteiger partial charge in [-0.25, -0.2) is 4.39 Å². The van der Waals surface area contributed by atoms with Gasteiger partial charge in [0.1, 0.15) is 11.7 Å². The van der Waals surface area contributed by atoms with Gasteiger partial charge in [-0.3, -0.25) is 9.59 Å². The molecule has 0 saturated carbocycles. The number of fused-ring (bicyclic) bond motifs is 1. The minimum Gasteiger partial charge on any atom is -0.481 e. The number of carbonyl (C=O) groups is 2. The van der Waals surface area contributed by atoms with Crippen LogP contribution in [0.25, 0.3) is 11.1 Å². The van der Waals surface area contributed by atoms with E-state index in [1.807, 2.05) is 43.3 Å². The molecule has 2 heterocycles. The number of halogens is 1. The number of oxazole rings is 1. The minimum absolute atomic E-state index is 0.0565. The molecule has 2 atom stereocenters. The van der Waals surface area contributed by atoms with Gasteiger partial charge in [0.25, 0.3) is 6.01 Å². The maximum absolute atomic E-state index is 14.1. The zero-order valence-electron chi connectivity index (χ0n) is 19.7. The van der Waals surface area contributed by atoms with Crippen LogP contribution < -0.4 is 5.32 Å². The molecule has 2 N–H and O–H groups in total. The second kappa shape index (κ2) is 11.3. The van der Waals surface area contributed by atoms with Gasteiger partial charge in [0.05, 0.1) is 25.6 Å². The van der Waals surface area contributed by atoms with Crippen molar-refractivity contribution in [2.45, 2.75) is 51.2 Å². The number of ether oxygens (including phenoxy) is 1. The molecule has 3 aromatic rings. The molecule has 0 unspecified atom stereocenters. The molecule has 1 saturated heterocycles. The number of aliphatic carboxylic acids is 1. The van der Waals surface area contributed by atoms with E-state index in [1.54, 1.807) is 11.0 Å². The third-order valence-corrected chi connectivity index (χ3v) is 6.12. The number of hydrogen-bond donors (Lipinski definition) is 2. The van der Waals surface area contributed by atoms with Crippen LogP contribution in [-0.4, -0.2) is 58.8 Å². The Bertz CT molecular complexity index is 1180. The molecule has 4 rings (SSSR count). The molecule has 0 spiro atoms. The Hall–Kier alpha value is -3.46. The maximum atomic E-state index is 14.1. The number of rotatable bonds is 11. The Morgan fingerprint density at radius 2 is 2.09 bits per heavy atom. The molecule has 0 bridgehead atoms. The van der Waals surface area contributed by atoms with Crippen molar-refractivity contribution in [1.29, 1.82) is 0 Å². The lowest BCUT2D eigenvalue weighted by molar-refractivity contribution is -0.137. The number of carboxylic acid groups (broad SMARTS) is 1. The predicted molar refractivity (Wildman–Crippen MR) is 129 cm³/mol. The van der Waals surface area contributed by atoms with Crippen molar-refractivity contribution < 1.29 is 28.2 Å². The van der Waals surface area contributed by atoms with Gasteiger partial charge in [0, 0.05) is 25.1 Å². The van der Waals surface area contributed by atoms with Crippen LogP contribution in [0.15, 0.2) is 46.9 Å². The number of nitrogens with zero attached hydrogens (tertiary/aromatic N) is 2. The number of aryl methyl sites for hydroxylation is 1.